The summed E-state index contributed by atoms with van der Waals surface area (Å²) in [5.74, 6) is -1.59. The second kappa shape index (κ2) is 10.2. The van der Waals surface area contributed by atoms with Crippen LogP contribution >= 0.6 is 0 Å². The van der Waals surface area contributed by atoms with Gasteiger partial charge in [0.25, 0.3) is 5.97 Å². The van der Waals surface area contributed by atoms with E-state index in [2.05, 4.69) is 0 Å². The molecule has 5 nitrogen and oxygen atoms in total. The Kier molecular flexibility index (Phi) is 9.83. The van der Waals surface area contributed by atoms with E-state index in [0.29, 0.717) is 32.8 Å². The van der Waals surface area contributed by atoms with Crippen molar-refractivity contribution in [3.63, 3.8) is 0 Å². The Morgan fingerprint density at radius 2 is 1.37 bits per heavy atom. The summed E-state index contributed by atoms with van der Waals surface area (Å²) in [6.45, 7) is 11.2. The summed E-state index contributed by atoms with van der Waals surface area (Å²) in [7, 11) is 0. The zero-order chi connectivity index (χ0) is 14.7. The molecule has 0 radical (unpaired) electrons. The molecule has 0 bridgehead atoms. The summed E-state index contributed by atoms with van der Waals surface area (Å²) < 4.78 is 22.1. The minimum Gasteiger partial charge on any atom is -0.466 e. The van der Waals surface area contributed by atoms with Crippen LogP contribution in [0.5, 0.6) is 0 Å². The largest absolute Gasteiger partial charge is 0.466 e. The molecule has 5 heteroatoms. The van der Waals surface area contributed by atoms with Gasteiger partial charge in [-0.25, -0.2) is 0 Å². The van der Waals surface area contributed by atoms with E-state index in [1.54, 1.807) is 6.92 Å². The van der Waals surface area contributed by atoms with Gasteiger partial charge in [-0.2, -0.15) is 0 Å². The molecule has 1 atom stereocenters. The summed E-state index contributed by atoms with van der Waals surface area (Å²) in [6, 6.07) is 0. The van der Waals surface area contributed by atoms with Crippen LogP contribution < -0.4 is 0 Å². The summed E-state index contributed by atoms with van der Waals surface area (Å²) in [5, 5.41) is 0. The van der Waals surface area contributed by atoms with Crippen molar-refractivity contribution in [2.45, 2.75) is 53.4 Å². The van der Waals surface area contributed by atoms with Crippen molar-refractivity contribution >= 4 is 5.97 Å². The van der Waals surface area contributed by atoms with Crippen molar-refractivity contribution in [1.82, 2.24) is 0 Å². The van der Waals surface area contributed by atoms with Gasteiger partial charge in [0.2, 0.25) is 0 Å². The summed E-state index contributed by atoms with van der Waals surface area (Å²) in [6.07, 6.45) is 0.934. The van der Waals surface area contributed by atoms with Crippen molar-refractivity contribution < 1.29 is 23.7 Å². The minimum absolute atomic E-state index is 0.189. The molecule has 0 aromatic heterocycles. The number of esters is 1. The molecule has 1 unspecified atom stereocenters. The third kappa shape index (κ3) is 5.89. The molecule has 114 valence electrons. The van der Waals surface area contributed by atoms with Gasteiger partial charge in [-0.3, -0.25) is 4.79 Å². The van der Waals surface area contributed by atoms with Crippen LogP contribution in [0.15, 0.2) is 0 Å². The van der Waals surface area contributed by atoms with E-state index in [9.17, 15) is 4.79 Å². The number of hydrogen-bond acceptors (Lipinski definition) is 5. The standard InChI is InChI=1S/C14H28O5/c1-6-12(11-13(15)16-7-2)14(17-8-3,18-9-4)19-10-5/h12H,6-11H2,1-5H3. The monoisotopic (exact) mass is 276 g/mol. The Labute approximate surface area is 116 Å². The van der Waals surface area contributed by atoms with Crippen molar-refractivity contribution in [2.75, 3.05) is 26.4 Å². The fraction of sp³-hybridized carbons (Fsp3) is 0.929. The van der Waals surface area contributed by atoms with Crippen LogP contribution in [0.2, 0.25) is 0 Å². The van der Waals surface area contributed by atoms with Crippen LogP contribution in [0.1, 0.15) is 47.5 Å². The number of hydrogen-bond donors (Lipinski definition) is 0. The highest BCUT2D eigenvalue weighted by molar-refractivity contribution is 5.69. The van der Waals surface area contributed by atoms with Gasteiger partial charge in [0, 0.05) is 19.8 Å². The Morgan fingerprint density at radius 3 is 1.68 bits per heavy atom. The topological polar surface area (TPSA) is 54.0 Å². The second-order valence-corrected chi connectivity index (χ2v) is 4.02. The van der Waals surface area contributed by atoms with Gasteiger partial charge in [0.15, 0.2) is 0 Å². The first kappa shape index (κ1) is 18.4. The number of rotatable bonds is 11. The molecule has 0 fully saturated rings. The van der Waals surface area contributed by atoms with E-state index in [0.717, 1.165) is 0 Å². The maximum Gasteiger partial charge on any atom is 0.306 e. The lowest BCUT2D eigenvalue weighted by atomic mass is 9.99. The van der Waals surface area contributed by atoms with Crippen LogP contribution in [0.4, 0.5) is 0 Å². The molecule has 0 saturated heterocycles. The normalized spacial score (nSPS) is 13.3. The zero-order valence-corrected chi connectivity index (χ0v) is 12.9. The van der Waals surface area contributed by atoms with E-state index in [1.807, 2.05) is 27.7 Å². The fourth-order valence-corrected chi connectivity index (χ4v) is 2.02. The number of carbonyl (C=O) groups excluding carboxylic acids is 1. The van der Waals surface area contributed by atoms with E-state index < -0.39 is 5.97 Å². The first-order valence-electron chi connectivity index (χ1n) is 7.17. The zero-order valence-electron chi connectivity index (χ0n) is 12.9. The van der Waals surface area contributed by atoms with Crippen molar-refractivity contribution in [2.24, 2.45) is 5.92 Å². The molecule has 0 aliphatic rings. The maximum absolute atomic E-state index is 11.7. The molecule has 0 aliphatic heterocycles. The molecule has 0 saturated carbocycles. The first-order valence-corrected chi connectivity index (χ1v) is 7.17. The van der Waals surface area contributed by atoms with Gasteiger partial charge in [0.1, 0.15) is 0 Å². The summed E-state index contributed by atoms with van der Waals surface area (Å²) >= 11 is 0. The fourth-order valence-electron chi connectivity index (χ4n) is 2.02. The molecule has 0 N–H and O–H groups in total. The van der Waals surface area contributed by atoms with E-state index in [4.69, 9.17) is 18.9 Å². The molecule has 0 aliphatic carbocycles. The minimum atomic E-state index is -1.15. The van der Waals surface area contributed by atoms with E-state index in [-0.39, 0.29) is 18.3 Å². The molecule has 0 amide bonds. The lowest BCUT2D eigenvalue weighted by Gasteiger charge is -2.38. The molecular formula is C14H28O5. The Bertz CT molecular complexity index is 225. The summed E-state index contributed by atoms with van der Waals surface area (Å²) in [5.41, 5.74) is 0. The van der Waals surface area contributed by atoms with Gasteiger partial charge in [0.05, 0.1) is 18.9 Å². The molecule has 19 heavy (non-hydrogen) atoms. The quantitative estimate of drug-likeness (QED) is 0.429. The molecule has 0 heterocycles. The highest BCUT2D eigenvalue weighted by atomic mass is 16.9. The molecule has 0 aromatic rings. The predicted octanol–water partition coefficient (Wildman–Crippen LogP) is 2.73. The van der Waals surface area contributed by atoms with Gasteiger partial charge in [-0.05, 0) is 34.1 Å². The van der Waals surface area contributed by atoms with Gasteiger partial charge in [-0.1, -0.05) is 6.92 Å². The average molecular weight is 276 g/mol. The molecule has 0 aromatic carbocycles. The highest BCUT2D eigenvalue weighted by Gasteiger charge is 2.42. The number of ether oxygens (including phenoxy) is 4. The van der Waals surface area contributed by atoms with Crippen LogP contribution in [-0.4, -0.2) is 38.4 Å². The van der Waals surface area contributed by atoms with Crippen LogP contribution in [0.25, 0.3) is 0 Å². The van der Waals surface area contributed by atoms with Gasteiger partial charge in [-0.15, -0.1) is 0 Å². The van der Waals surface area contributed by atoms with Crippen molar-refractivity contribution in [1.29, 1.82) is 0 Å². The Hall–Kier alpha value is -0.650. The molecule has 0 spiro atoms. The SMILES string of the molecule is CCOC(=O)CC(CC)C(OCC)(OCC)OCC. The maximum atomic E-state index is 11.7. The first-order chi connectivity index (χ1) is 9.10. The lowest BCUT2D eigenvalue weighted by Crippen LogP contribution is -2.47. The predicted molar refractivity (Wildman–Crippen MR) is 72.6 cm³/mol. The van der Waals surface area contributed by atoms with E-state index >= 15 is 0 Å². The van der Waals surface area contributed by atoms with Gasteiger partial charge >= 0.3 is 5.97 Å². The second-order valence-electron chi connectivity index (χ2n) is 4.02. The Balaban J connectivity index is 4.96. The number of carbonyl (C=O) groups is 1. The third-order valence-electron chi connectivity index (χ3n) is 2.75. The van der Waals surface area contributed by atoms with Crippen LogP contribution in [0.3, 0.4) is 0 Å². The summed E-state index contributed by atoms with van der Waals surface area (Å²) in [4.78, 5) is 11.7. The highest BCUT2D eigenvalue weighted by Crippen LogP contribution is 2.31. The lowest BCUT2D eigenvalue weighted by molar-refractivity contribution is -0.402. The van der Waals surface area contributed by atoms with E-state index in [1.165, 1.54) is 0 Å². The smallest absolute Gasteiger partial charge is 0.306 e. The third-order valence-corrected chi connectivity index (χ3v) is 2.75. The molecule has 0 rings (SSSR count). The Morgan fingerprint density at radius 1 is 0.895 bits per heavy atom. The van der Waals surface area contributed by atoms with Gasteiger partial charge < -0.3 is 18.9 Å². The average Bonchev–Trinajstić information content (AvgIpc) is 2.37. The van der Waals surface area contributed by atoms with Crippen molar-refractivity contribution in [3.8, 4) is 0 Å². The van der Waals surface area contributed by atoms with Crippen molar-refractivity contribution in [3.05, 3.63) is 0 Å². The molecular weight excluding hydrogens is 248 g/mol. The van der Waals surface area contributed by atoms with Crippen LogP contribution in [-0.2, 0) is 23.7 Å². The van der Waals surface area contributed by atoms with Crippen LogP contribution in [0, 0.1) is 5.92 Å².